The van der Waals surface area contributed by atoms with E-state index >= 15 is 0 Å². The monoisotopic (exact) mass is 509 g/mol. The van der Waals surface area contributed by atoms with E-state index < -0.39 is 42.3 Å². The first-order valence-electron chi connectivity index (χ1n) is 10.6. The molecule has 1 aromatic carbocycles. The molecule has 9 heteroatoms. The van der Waals surface area contributed by atoms with Crippen LogP contribution in [0.5, 0.6) is 0 Å². The van der Waals surface area contributed by atoms with Gasteiger partial charge in [0.05, 0.1) is 35.7 Å². The first-order valence-corrected chi connectivity index (χ1v) is 21.5. The summed E-state index contributed by atoms with van der Waals surface area (Å²) in [5.74, 6) is 1.41. The molecule has 176 valence electrons. The average molecular weight is 510 g/mol. The third-order valence-electron chi connectivity index (χ3n) is 5.27. The Labute approximate surface area is 196 Å². The standard InChI is InChI=1S/C23H37NO4P2Si2/c1-24(2)20-17-30(23(31(5,6)7)32(8,9)10,29(20)18-14-12-11-13-15-18)19(22(26)28-4)16-21(25)27-3/h11-17H,1-10H3/b19-16+. The van der Waals surface area contributed by atoms with Crippen LogP contribution < -0.4 is 5.30 Å². The summed E-state index contributed by atoms with van der Waals surface area (Å²) in [6.07, 6.45) is 1.42. The van der Waals surface area contributed by atoms with E-state index in [1.165, 1.54) is 31.0 Å². The van der Waals surface area contributed by atoms with Gasteiger partial charge in [-0.25, -0.2) is 9.59 Å². The van der Waals surface area contributed by atoms with Gasteiger partial charge in [-0.3, -0.25) is 0 Å². The van der Waals surface area contributed by atoms with Gasteiger partial charge in [-0.05, 0) is 17.7 Å². The van der Waals surface area contributed by atoms with Crippen molar-refractivity contribution < 1.29 is 19.1 Å². The Hall–Kier alpha value is -1.40. The van der Waals surface area contributed by atoms with Crippen LogP contribution in [-0.4, -0.2) is 65.8 Å². The molecule has 5 nitrogen and oxygen atoms in total. The van der Waals surface area contributed by atoms with E-state index in [9.17, 15) is 9.59 Å². The molecule has 0 N–H and O–H groups in total. The van der Waals surface area contributed by atoms with Gasteiger partial charge in [0, 0.05) is 33.2 Å². The Balaban J connectivity index is 3.20. The Morgan fingerprint density at radius 2 is 1.47 bits per heavy atom. The molecule has 2 unspecified atom stereocenters. The Morgan fingerprint density at radius 3 is 1.88 bits per heavy atom. The van der Waals surface area contributed by atoms with Crippen LogP contribution in [0.3, 0.4) is 0 Å². The minimum absolute atomic E-state index is 0.421. The Kier molecular flexibility index (Phi) is 8.26. The van der Waals surface area contributed by atoms with E-state index in [1.54, 1.807) is 4.54 Å². The van der Waals surface area contributed by atoms with Gasteiger partial charge in [0.25, 0.3) is 0 Å². The smallest absolute Gasteiger partial charge is 0.339 e. The lowest BCUT2D eigenvalue weighted by Gasteiger charge is -2.52. The zero-order chi connectivity index (χ0) is 24.5. The fourth-order valence-corrected chi connectivity index (χ4v) is 40.0. The highest BCUT2D eigenvalue weighted by molar-refractivity contribution is 8.49. The van der Waals surface area contributed by atoms with E-state index in [1.807, 2.05) is 6.07 Å². The predicted molar refractivity (Wildman–Crippen MR) is 145 cm³/mol. The first-order chi connectivity index (χ1) is 14.7. The third-order valence-corrected chi connectivity index (χ3v) is 29.6. The van der Waals surface area contributed by atoms with Gasteiger partial charge < -0.3 is 14.4 Å². The van der Waals surface area contributed by atoms with Crippen molar-refractivity contribution >= 4 is 52.1 Å². The largest absolute Gasteiger partial charge is 0.466 e. The minimum atomic E-state index is -2.33. The maximum Gasteiger partial charge on any atom is 0.339 e. The summed E-state index contributed by atoms with van der Waals surface area (Å²) in [6.45, 7) is 11.9. The van der Waals surface area contributed by atoms with E-state index in [0.717, 1.165) is 0 Å². The zero-order valence-electron chi connectivity index (χ0n) is 21.0. The van der Waals surface area contributed by atoms with Crippen molar-refractivity contribution in [2.24, 2.45) is 0 Å². The number of ether oxygens (including phenoxy) is 2. The number of methoxy groups -OCH3 is 2. The summed E-state index contributed by atoms with van der Waals surface area (Å²) >= 11 is 0. The number of carbonyl (C=O) groups excluding carboxylic acids is 2. The maximum absolute atomic E-state index is 13.3. The molecule has 0 spiro atoms. The van der Waals surface area contributed by atoms with Crippen molar-refractivity contribution in [3.8, 4) is 0 Å². The molecule has 0 aliphatic carbocycles. The SMILES string of the molecule is COC(=O)/C=C(\C(=O)OC)P1(=C([Si](C)(C)C)[Si](C)(C)C)C=C(N(C)C)P1c1ccccc1. The summed E-state index contributed by atoms with van der Waals surface area (Å²) in [6, 6.07) is 10.5. The normalized spacial score (nSPS) is 21.2. The van der Waals surface area contributed by atoms with Crippen molar-refractivity contribution in [2.75, 3.05) is 28.3 Å². The summed E-state index contributed by atoms with van der Waals surface area (Å²) in [4.78, 5) is 28.0. The van der Waals surface area contributed by atoms with Crippen molar-refractivity contribution in [2.45, 2.75) is 39.3 Å². The number of rotatable bonds is 7. The molecule has 32 heavy (non-hydrogen) atoms. The van der Waals surface area contributed by atoms with Gasteiger partial charge in [0.2, 0.25) is 0 Å². The molecule has 1 aromatic rings. The molecular formula is C23H37NO4P2Si2. The predicted octanol–water partition coefficient (Wildman–Crippen LogP) is 5.26. The van der Waals surface area contributed by atoms with Gasteiger partial charge in [0.1, 0.15) is 0 Å². The molecule has 1 heterocycles. The van der Waals surface area contributed by atoms with Crippen molar-refractivity contribution in [3.05, 3.63) is 53.0 Å². The number of nitrogens with zero attached hydrogens (tertiary/aromatic N) is 1. The topological polar surface area (TPSA) is 55.8 Å². The fourth-order valence-electron chi connectivity index (χ4n) is 4.76. The molecule has 0 amide bonds. The second-order valence-corrected chi connectivity index (χ2v) is 28.7. The van der Waals surface area contributed by atoms with Crippen LogP contribution in [0.25, 0.3) is 0 Å². The first kappa shape index (κ1) is 26.9. The van der Waals surface area contributed by atoms with Crippen LogP contribution in [0.1, 0.15) is 0 Å². The van der Waals surface area contributed by atoms with Gasteiger partial charge in [-0.2, -0.15) is 0 Å². The molecule has 1 aliphatic heterocycles. The van der Waals surface area contributed by atoms with Gasteiger partial charge in [-0.1, -0.05) is 74.2 Å². The van der Waals surface area contributed by atoms with Gasteiger partial charge in [0.15, 0.2) is 0 Å². The molecular weight excluding hydrogens is 472 g/mol. The minimum Gasteiger partial charge on any atom is -0.466 e. The van der Waals surface area contributed by atoms with Crippen molar-refractivity contribution in [1.29, 1.82) is 0 Å². The van der Waals surface area contributed by atoms with Crippen LogP contribution in [0.2, 0.25) is 39.3 Å². The molecule has 0 saturated heterocycles. The van der Waals surface area contributed by atoms with Crippen LogP contribution in [0.4, 0.5) is 0 Å². The number of carbonyl (C=O) groups is 2. The number of esters is 2. The summed E-state index contributed by atoms with van der Waals surface area (Å²) in [5, 5.41) is 1.74. The van der Waals surface area contributed by atoms with Crippen LogP contribution in [0, 0.1) is 0 Å². The fraction of sp³-hybridized carbons (Fsp3) is 0.435. The quantitative estimate of drug-likeness (QED) is 0.217. The van der Waals surface area contributed by atoms with E-state index in [2.05, 4.69) is 88.4 Å². The average Bonchev–Trinajstić information content (AvgIpc) is 2.66. The van der Waals surface area contributed by atoms with Gasteiger partial charge in [-0.15, -0.1) is 0 Å². The lowest BCUT2D eigenvalue weighted by Crippen LogP contribution is -2.51. The highest BCUT2D eigenvalue weighted by Gasteiger charge is 2.52. The van der Waals surface area contributed by atoms with Crippen molar-refractivity contribution in [3.63, 3.8) is 0 Å². The van der Waals surface area contributed by atoms with Crippen LogP contribution in [-0.2, 0) is 19.1 Å². The second kappa shape index (κ2) is 9.84. The third kappa shape index (κ3) is 5.06. The molecule has 1 aliphatic rings. The molecule has 0 bridgehead atoms. The zero-order valence-corrected chi connectivity index (χ0v) is 24.8. The number of benzene rings is 1. The lowest BCUT2D eigenvalue weighted by molar-refractivity contribution is -0.137. The van der Waals surface area contributed by atoms with Crippen LogP contribution >= 0.6 is 14.2 Å². The second-order valence-electron chi connectivity index (χ2n) is 10.1. The summed E-state index contributed by atoms with van der Waals surface area (Å²) in [5.41, 5.74) is 1.24. The highest BCUT2D eigenvalue weighted by Crippen LogP contribution is 2.93. The van der Waals surface area contributed by atoms with Gasteiger partial charge >= 0.3 is 11.9 Å². The molecule has 0 fully saturated rings. The number of hydrogen-bond acceptors (Lipinski definition) is 5. The molecule has 0 saturated carbocycles. The maximum atomic E-state index is 13.3. The summed E-state index contributed by atoms with van der Waals surface area (Å²) < 4.78 is 11.9. The highest BCUT2D eigenvalue weighted by atomic mass is 32.1. The lowest BCUT2D eigenvalue weighted by atomic mass is 10.4. The molecule has 2 atom stereocenters. The molecule has 0 radical (unpaired) electrons. The Bertz CT molecular complexity index is 987. The number of hydrogen-bond donors (Lipinski definition) is 0. The van der Waals surface area contributed by atoms with Crippen molar-refractivity contribution in [1.82, 2.24) is 4.90 Å². The van der Waals surface area contributed by atoms with E-state index in [-0.39, 0.29) is 0 Å². The molecule has 0 aromatic heterocycles. The van der Waals surface area contributed by atoms with Crippen LogP contribution in [0.15, 0.2) is 53.0 Å². The van der Waals surface area contributed by atoms with E-state index in [4.69, 9.17) is 9.47 Å². The summed E-state index contributed by atoms with van der Waals surface area (Å²) in [7, 11) is 2.25. The van der Waals surface area contributed by atoms with E-state index in [0.29, 0.717) is 5.31 Å². The Morgan fingerprint density at radius 1 is 0.938 bits per heavy atom. The molecule has 2 rings (SSSR count).